The van der Waals surface area contributed by atoms with Crippen LogP contribution in [-0.4, -0.2) is 136 Å². The van der Waals surface area contributed by atoms with Gasteiger partial charge in [0.1, 0.15) is 5.75 Å². The van der Waals surface area contributed by atoms with Gasteiger partial charge in [0.2, 0.25) is 17.7 Å². The summed E-state index contributed by atoms with van der Waals surface area (Å²) in [6.45, 7) is 5.87. The summed E-state index contributed by atoms with van der Waals surface area (Å²) in [5.41, 5.74) is 0.624. The van der Waals surface area contributed by atoms with Crippen LogP contribution in [0, 0.1) is 0 Å². The highest BCUT2D eigenvalue weighted by molar-refractivity contribution is 7.54. The fourth-order valence-electron chi connectivity index (χ4n) is 3.81. The lowest BCUT2D eigenvalue weighted by Crippen LogP contribution is -2.54. The lowest BCUT2D eigenvalue weighted by Gasteiger charge is -2.30. The standard InChI is InChI=1S/C29H53N6O12P/c1-29(2,3)48(40,41)47-24-6-4-23(5-7-24)20-25(28(39)34-10-14-42-15-11-36)35(21-26(37)32-8-12-43-16-18-45-30)22-27(38)33-9-13-44-17-19-46-31/h4-7,25,36H,8-22,30-31H2,1-3H3,(H,32,37)(H,33,38)(H,34,39)(H,40,41). The third-order valence-corrected chi connectivity index (χ3v) is 8.63. The maximum absolute atomic E-state index is 13.6. The number of amides is 3. The van der Waals surface area contributed by atoms with E-state index in [0.29, 0.717) is 5.56 Å². The van der Waals surface area contributed by atoms with Gasteiger partial charge in [-0.2, -0.15) is 0 Å². The first-order valence-electron chi connectivity index (χ1n) is 15.5. The fourth-order valence-corrected chi connectivity index (χ4v) is 4.49. The van der Waals surface area contributed by atoms with E-state index in [-0.39, 0.29) is 104 Å². The Labute approximate surface area is 281 Å². The van der Waals surface area contributed by atoms with E-state index in [2.05, 4.69) is 25.6 Å². The fraction of sp³-hybridized carbons (Fsp3) is 0.690. The number of carbonyl (C=O) groups excluding carboxylic acids is 3. The molecule has 0 heterocycles. The number of nitrogens with one attached hydrogen (secondary N) is 3. The smallest absolute Gasteiger partial charge is 0.381 e. The average molecular weight is 709 g/mol. The molecule has 0 spiro atoms. The molecule has 1 rings (SSSR count). The molecule has 1 aromatic rings. The van der Waals surface area contributed by atoms with Crippen molar-refractivity contribution in [2.45, 2.75) is 38.4 Å². The number of nitrogens with two attached hydrogens (primary N) is 2. The van der Waals surface area contributed by atoms with Crippen molar-refractivity contribution in [3.63, 3.8) is 0 Å². The molecule has 0 bridgehead atoms. The van der Waals surface area contributed by atoms with Crippen molar-refractivity contribution in [3.8, 4) is 5.75 Å². The Morgan fingerprint density at radius 2 is 1.27 bits per heavy atom. The average Bonchev–Trinajstić information content (AvgIpc) is 3.02. The zero-order valence-electron chi connectivity index (χ0n) is 28.0. The predicted molar refractivity (Wildman–Crippen MR) is 175 cm³/mol. The van der Waals surface area contributed by atoms with Crippen LogP contribution in [0.2, 0.25) is 0 Å². The van der Waals surface area contributed by atoms with Crippen LogP contribution in [0.5, 0.6) is 5.75 Å². The van der Waals surface area contributed by atoms with Crippen molar-refractivity contribution in [1.29, 1.82) is 0 Å². The van der Waals surface area contributed by atoms with Crippen LogP contribution in [0.15, 0.2) is 24.3 Å². The van der Waals surface area contributed by atoms with Crippen LogP contribution < -0.4 is 32.3 Å². The molecule has 19 heteroatoms. The summed E-state index contributed by atoms with van der Waals surface area (Å²) in [6.07, 6.45) is 0.0601. The molecule has 1 aromatic carbocycles. The molecular weight excluding hydrogens is 655 g/mol. The van der Waals surface area contributed by atoms with Gasteiger partial charge in [-0.3, -0.25) is 19.3 Å². The van der Waals surface area contributed by atoms with Crippen molar-refractivity contribution in [2.75, 3.05) is 92.2 Å². The molecule has 0 aliphatic carbocycles. The third kappa shape index (κ3) is 18.7. The molecule has 0 aliphatic heterocycles. The zero-order valence-corrected chi connectivity index (χ0v) is 28.9. The van der Waals surface area contributed by atoms with Gasteiger partial charge in [-0.15, -0.1) is 0 Å². The summed E-state index contributed by atoms with van der Waals surface area (Å²) in [4.78, 5) is 60.2. The highest BCUT2D eigenvalue weighted by Gasteiger charge is 2.37. The summed E-state index contributed by atoms with van der Waals surface area (Å²) >= 11 is 0. The second-order valence-electron chi connectivity index (χ2n) is 11.3. The lowest BCUT2D eigenvalue weighted by molar-refractivity contribution is -0.131. The van der Waals surface area contributed by atoms with Crippen LogP contribution in [0.1, 0.15) is 26.3 Å². The summed E-state index contributed by atoms with van der Waals surface area (Å²) < 4.78 is 33.9. The Hall–Kier alpha value is -2.74. The Bertz CT molecular complexity index is 1080. The van der Waals surface area contributed by atoms with E-state index >= 15 is 0 Å². The van der Waals surface area contributed by atoms with Crippen molar-refractivity contribution in [2.24, 2.45) is 11.8 Å². The number of carbonyl (C=O) groups is 3. The first-order chi connectivity index (χ1) is 22.8. The quantitative estimate of drug-likeness (QED) is 0.0310. The Morgan fingerprint density at radius 3 is 1.73 bits per heavy atom. The Kier molecular flexibility index (Phi) is 22.0. The molecule has 276 valence electrons. The van der Waals surface area contributed by atoms with E-state index in [1.807, 2.05) is 0 Å². The molecule has 9 N–H and O–H groups in total. The van der Waals surface area contributed by atoms with E-state index in [0.717, 1.165) is 0 Å². The molecule has 18 nitrogen and oxygen atoms in total. The molecular formula is C29H53N6O12P. The van der Waals surface area contributed by atoms with Crippen molar-refractivity contribution in [3.05, 3.63) is 29.8 Å². The van der Waals surface area contributed by atoms with Gasteiger partial charge < -0.3 is 54.4 Å². The number of hydrogen-bond acceptors (Lipinski definition) is 14. The van der Waals surface area contributed by atoms with Crippen LogP contribution in [-0.2, 0) is 49.3 Å². The van der Waals surface area contributed by atoms with Crippen LogP contribution in [0.4, 0.5) is 0 Å². The molecule has 2 unspecified atom stereocenters. The molecule has 3 amide bonds. The first kappa shape index (κ1) is 43.3. The molecule has 0 saturated carbocycles. The topological polar surface area (TPSA) is 255 Å². The number of nitrogens with zero attached hydrogens (tertiary/aromatic N) is 1. The van der Waals surface area contributed by atoms with Crippen LogP contribution in [0.3, 0.4) is 0 Å². The third-order valence-electron chi connectivity index (χ3n) is 6.48. The molecule has 0 fully saturated rings. The Morgan fingerprint density at radius 1 is 0.792 bits per heavy atom. The zero-order chi connectivity index (χ0) is 35.8. The minimum absolute atomic E-state index is 0.0601. The summed E-state index contributed by atoms with van der Waals surface area (Å²) in [6, 6.07) is 5.27. The number of ether oxygens (including phenoxy) is 3. The minimum Gasteiger partial charge on any atom is -0.424 e. The molecule has 0 radical (unpaired) electrons. The van der Waals surface area contributed by atoms with Gasteiger partial charge in [-0.05, 0) is 44.9 Å². The van der Waals surface area contributed by atoms with Gasteiger partial charge in [0, 0.05) is 19.6 Å². The van der Waals surface area contributed by atoms with Crippen molar-refractivity contribution < 1.29 is 57.4 Å². The molecule has 0 saturated heterocycles. The van der Waals surface area contributed by atoms with Gasteiger partial charge in [-0.25, -0.2) is 16.4 Å². The van der Waals surface area contributed by atoms with Crippen LogP contribution >= 0.6 is 7.60 Å². The lowest BCUT2D eigenvalue weighted by atomic mass is 10.0. The summed E-state index contributed by atoms with van der Waals surface area (Å²) in [7, 11) is -3.99. The highest BCUT2D eigenvalue weighted by Crippen LogP contribution is 2.54. The number of benzene rings is 1. The number of aliphatic hydroxyl groups excluding tert-OH is 1. The van der Waals surface area contributed by atoms with Crippen molar-refractivity contribution in [1.82, 2.24) is 20.9 Å². The van der Waals surface area contributed by atoms with Gasteiger partial charge in [0.05, 0.1) is 83.7 Å². The SMILES string of the molecule is CC(C)(C)P(=O)(O)Oc1ccc(CC(C(=O)NCCOCCO)N(CC(=O)NCCOCCON)CC(=O)NCCOCCON)cc1. The number of aliphatic hydroxyl groups is 1. The summed E-state index contributed by atoms with van der Waals surface area (Å²) in [5, 5.41) is 16.1. The van der Waals surface area contributed by atoms with E-state index in [1.165, 1.54) is 17.0 Å². The second kappa shape index (κ2) is 24.4. The maximum Gasteiger partial charge on any atom is 0.381 e. The summed E-state index contributed by atoms with van der Waals surface area (Å²) in [5.74, 6) is 8.71. The van der Waals surface area contributed by atoms with Gasteiger partial charge >= 0.3 is 7.60 Å². The normalized spacial score (nSPS) is 13.5. The van der Waals surface area contributed by atoms with Gasteiger partial charge in [0.25, 0.3) is 0 Å². The highest BCUT2D eigenvalue weighted by atomic mass is 31.2. The number of rotatable bonds is 27. The molecule has 0 aliphatic rings. The monoisotopic (exact) mass is 708 g/mol. The largest absolute Gasteiger partial charge is 0.424 e. The Balaban J connectivity index is 3.17. The maximum atomic E-state index is 13.6. The van der Waals surface area contributed by atoms with E-state index < -0.39 is 36.5 Å². The van der Waals surface area contributed by atoms with Gasteiger partial charge in [0.15, 0.2) is 0 Å². The number of hydrogen-bond donors (Lipinski definition) is 7. The predicted octanol–water partition coefficient (Wildman–Crippen LogP) is -1.57. The van der Waals surface area contributed by atoms with Gasteiger partial charge in [-0.1, -0.05) is 12.1 Å². The van der Waals surface area contributed by atoms with Crippen LogP contribution in [0.25, 0.3) is 0 Å². The van der Waals surface area contributed by atoms with E-state index in [4.69, 9.17) is 35.6 Å². The van der Waals surface area contributed by atoms with E-state index in [1.54, 1.807) is 32.9 Å². The van der Waals surface area contributed by atoms with E-state index in [9.17, 15) is 23.8 Å². The minimum atomic E-state index is -3.99. The molecule has 2 atom stereocenters. The van der Waals surface area contributed by atoms with Crippen molar-refractivity contribution >= 4 is 25.3 Å². The molecule has 48 heavy (non-hydrogen) atoms. The molecule has 0 aromatic heterocycles. The second-order valence-corrected chi connectivity index (χ2v) is 13.9. The first-order valence-corrected chi connectivity index (χ1v) is 17.1.